The summed E-state index contributed by atoms with van der Waals surface area (Å²) in [5.41, 5.74) is 6.22. The largest absolute Gasteiger partial charge is 0.384 e. The normalized spacial score (nSPS) is 11.4. The number of hydrogen-bond donors (Lipinski definition) is 1. The van der Waals surface area contributed by atoms with Gasteiger partial charge in [0.1, 0.15) is 0 Å². The predicted molar refractivity (Wildman–Crippen MR) is 77.4 cm³/mol. The topological polar surface area (TPSA) is 72.6 Å². The number of ether oxygens (including phenoxy) is 1. The Kier molecular flexibility index (Phi) is 6.48. The zero-order chi connectivity index (χ0) is 14.3. The van der Waals surface area contributed by atoms with Crippen molar-refractivity contribution in [3.05, 3.63) is 21.9 Å². The average molecular weight is 302 g/mol. The molecule has 1 rings (SSSR count). The molecule has 0 aliphatic carbocycles. The van der Waals surface area contributed by atoms with Crippen molar-refractivity contribution in [1.82, 2.24) is 4.31 Å². The summed E-state index contributed by atoms with van der Waals surface area (Å²) >= 11 is 1.48. The summed E-state index contributed by atoms with van der Waals surface area (Å²) in [5.74, 6) is 5.69. The van der Waals surface area contributed by atoms with Crippen molar-refractivity contribution in [3.63, 3.8) is 0 Å². The first-order valence-corrected chi connectivity index (χ1v) is 8.17. The number of sulfonamides is 1. The quantitative estimate of drug-likeness (QED) is 0.775. The summed E-state index contributed by atoms with van der Waals surface area (Å²) in [7, 11) is -0.225. The van der Waals surface area contributed by atoms with E-state index in [4.69, 9.17) is 10.5 Å². The molecule has 7 heteroatoms. The number of nitrogens with two attached hydrogens (primary N) is 1. The monoisotopic (exact) mass is 302 g/mol. The van der Waals surface area contributed by atoms with Crippen LogP contribution in [0.5, 0.6) is 0 Å². The first-order chi connectivity index (χ1) is 8.99. The number of rotatable bonds is 6. The van der Waals surface area contributed by atoms with Gasteiger partial charge in [-0.05, 0) is 17.0 Å². The number of nitrogens with zero attached hydrogens (tertiary/aromatic N) is 1. The summed E-state index contributed by atoms with van der Waals surface area (Å²) in [6.07, 6.45) is 0. The summed E-state index contributed by atoms with van der Waals surface area (Å²) in [6.45, 7) is 0.856. The van der Waals surface area contributed by atoms with E-state index in [1.165, 1.54) is 22.8 Å². The molecule has 0 fully saturated rings. The highest BCUT2D eigenvalue weighted by Gasteiger charge is 2.17. The highest BCUT2D eigenvalue weighted by atomic mass is 32.2. The molecular weight excluding hydrogens is 284 g/mol. The molecule has 0 spiro atoms. The third-order valence-electron chi connectivity index (χ3n) is 2.39. The molecule has 0 atom stereocenters. The smallest absolute Gasteiger partial charge is 0.216 e. The van der Waals surface area contributed by atoms with Gasteiger partial charge in [-0.3, -0.25) is 0 Å². The van der Waals surface area contributed by atoms with Gasteiger partial charge in [0.15, 0.2) is 0 Å². The van der Waals surface area contributed by atoms with Crippen molar-refractivity contribution >= 4 is 21.4 Å². The molecule has 19 heavy (non-hydrogen) atoms. The fourth-order valence-electron chi connectivity index (χ4n) is 1.36. The number of methoxy groups -OCH3 is 1. The molecule has 1 heterocycles. The van der Waals surface area contributed by atoms with Gasteiger partial charge in [-0.15, -0.1) is 11.3 Å². The summed E-state index contributed by atoms with van der Waals surface area (Å²) in [4.78, 5) is 0.892. The minimum absolute atomic E-state index is 0.00995. The summed E-state index contributed by atoms with van der Waals surface area (Å²) in [6, 6.07) is 1.88. The third kappa shape index (κ3) is 5.30. The van der Waals surface area contributed by atoms with Crippen molar-refractivity contribution in [1.29, 1.82) is 0 Å². The van der Waals surface area contributed by atoms with Gasteiger partial charge in [0.25, 0.3) is 0 Å². The Labute approximate surface area is 118 Å². The number of thiophene rings is 1. The average Bonchev–Trinajstić information content (AvgIpc) is 2.81. The molecule has 5 nitrogen and oxygen atoms in total. The lowest BCUT2D eigenvalue weighted by Crippen LogP contribution is -2.30. The van der Waals surface area contributed by atoms with E-state index in [9.17, 15) is 8.42 Å². The lowest BCUT2D eigenvalue weighted by atomic mass is 10.3. The van der Waals surface area contributed by atoms with E-state index in [0.717, 1.165) is 10.4 Å². The standard InChI is InChI=1S/C12H18N2O3S2/c1-14(19(15,16)7-6-17-2)9-11-8-12(18-10-11)4-3-5-13/h8,10H,5-7,9,13H2,1-2H3. The van der Waals surface area contributed by atoms with E-state index in [-0.39, 0.29) is 12.4 Å². The maximum atomic E-state index is 11.9. The minimum Gasteiger partial charge on any atom is -0.384 e. The van der Waals surface area contributed by atoms with Gasteiger partial charge in [-0.25, -0.2) is 12.7 Å². The van der Waals surface area contributed by atoms with Crippen molar-refractivity contribution < 1.29 is 13.2 Å². The Morgan fingerprint density at radius 2 is 2.26 bits per heavy atom. The molecule has 0 aliphatic heterocycles. The molecule has 0 saturated heterocycles. The van der Waals surface area contributed by atoms with E-state index in [1.54, 1.807) is 7.05 Å². The van der Waals surface area contributed by atoms with Gasteiger partial charge in [0.2, 0.25) is 10.0 Å². The van der Waals surface area contributed by atoms with Gasteiger partial charge in [0, 0.05) is 20.7 Å². The van der Waals surface area contributed by atoms with Gasteiger partial charge in [-0.1, -0.05) is 11.8 Å². The van der Waals surface area contributed by atoms with Crippen LogP contribution in [0.4, 0.5) is 0 Å². The molecule has 1 aromatic rings. The van der Waals surface area contributed by atoms with Crippen LogP contribution in [0.2, 0.25) is 0 Å². The summed E-state index contributed by atoms with van der Waals surface area (Å²) in [5, 5.41) is 1.91. The van der Waals surface area contributed by atoms with Crippen LogP contribution >= 0.6 is 11.3 Å². The summed E-state index contributed by atoms with van der Waals surface area (Å²) < 4.78 is 29.9. The maximum Gasteiger partial charge on any atom is 0.216 e. The Bertz CT molecular complexity index is 555. The first-order valence-electron chi connectivity index (χ1n) is 5.69. The molecule has 0 amide bonds. The number of hydrogen-bond acceptors (Lipinski definition) is 5. The molecule has 1 aromatic heterocycles. The zero-order valence-electron chi connectivity index (χ0n) is 11.0. The highest BCUT2D eigenvalue weighted by Crippen LogP contribution is 2.16. The van der Waals surface area contributed by atoms with Gasteiger partial charge in [-0.2, -0.15) is 0 Å². The van der Waals surface area contributed by atoms with Crippen molar-refractivity contribution in [2.24, 2.45) is 5.73 Å². The van der Waals surface area contributed by atoms with Crippen molar-refractivity contribution in [2.75, 3.05) is 33.1 Å². The first kappa shape index (κ1) is 16.1. The molecule has 0 radical (unpaired) electrons. The Hall–Kier alpha value is -0.910. The van der Waals surface area contributed by atoms with Crippen molar-refractivity contribution in [2.45, 2.75) is 6.54 Å². The minimum atomic E-state index is -3.27. The molecule has 0 aromatic carbocycles. The third-order valence-corrected chi connectivity index (χ3v) is 5.05. The van der Waals surface area contributed by atoms with E-state index in [0.29, 0.717) is 13.1 Å². The second-order valence-corrected chi connectivity index (χ2v) is 7.00. The van der Waals surface area contributed by atoms with E-state index < -0.39 is 10.0 Å². The second kappa shape index (κ2) is 7.62. The van der Waals surface area contributed by atoms with Gasteiger partial charge < -0.3 is 10.5 Å². The SMILES string of the molecule is COCCS(=O)(=O)N(C)Cc1csc(C#CCN)c1. The Morgan fingerprint density at radius 3 is 2.89 bits per heavy atom. The molecule has 106 valence electrons. The van der Waals surface area contributed by atoms with E-state index >= 15 is 0 Å². The van der Waals surface area contributed by atoms with Crippen LogP contribution in [-0.4, -0.2) is 45.8 Å². The fraction of sp³-hybridized carbons (Fsp3) is 0.500. The maximum absolute atomic E-state index is 11.9. The van der Waals surface area contributed by atoms with Crippen LogP contribution < -0.4 is 5.73 Å². The zero-order valence-corrected chi connectivity index (χ0v) is 12.7. The molecule has 0 unspecified atom stereocenters. The Morgan fingerprint density at radius 1 is 1.53 bits per heavy atom. The predicted octanol–water partition coefficient (Wildman–Crippen LogP) is 0.466. The van der Waals surface area contributed by atoms with Gasteiger partial charge in [0.05, 0.1) is 23.8 Å². The Balaban J connectivity index is 2.66. The van der Waals surface area contributed by atoms with Crippen LogP contribution in [0.3, 0.4) is 0 Å². The molecular formula is C12H18N2O3S2. The molecule has 0 aliphatic rings. The van der Waals surface area contributed by atoms with Crippen LogP contribution in [0.15, 0.2) is 11.4 Å². The highest BCUT2D eigenvalue weighted by molar-refractivity contribution is 7.89. The molecule has 0 bridgehead atoms. The molecule has 0 saturated carbocycles. The van der Waals surface area contributed by atoms with Crippen molar-refractivity contribution in [3.8, 4) is 11.8 Å². The molecule has 2 N–H and O–H groups in total. The van der Waals surface area contributed by atoms with Crippen LogP contribution in [0.25, 0.3) is 0 Å². The second-order valence-electron chi connectivity index (χ2n) is 3.89. The lowest BCUT2D eigenvalue weighted by molar-refractivity contribution is 0.215. The fourth-order valence-corrected chi connectivity index (χ4v) is 3.17. The van der Waals surface area contributed by atoms with Crippen LogP contribution in [0.1, 0.15) is 10.4 Å². The van der Waals surface area contributed by atoms with Crippen LogP contribution in [0, 0.1) is 11.8 Å². The van der Waals surface area contributed by atoms with Gasteiger partial charge >= 0.3 is 0 Å². The lowest BCUT2D eigenvalue weighted by Gasteiger charge is -2.15. The van der Waals surface area contributed by atoms with Crippen LogP contribution in [-0.2, 0) is 21.3 Å². The van der Waals surface area contributed by atoms with E-state index in [2.05, 4.69) is 11.8 Å². The van der Waals surface area contributed by atoms with E-state index in [1.807, 2.05) is 11.4 Å².